The van der Waals surface area contributed by atoms with Gasteiger partial charge in [0.2, 0.25) is 12.7 Å². The molecule has 0 aliphatic carbocycles. The average Bonchev–Trinajstić information content (AvgIpc) is 2.53. The predicted octanol–water partition coefficient (Wildman–Crippen LogP) is 4.60. The molecule has 26 heavy (non-hydrogen) atoms. The lowest BCUT2D eigenvalue weighted by atomic mass is 9.98. The third-order valence-corrected chi connectivity index (χ3v) is 3.52. The van der Waals surface area contributed by atoms with Crippen molar-refractivity contribution >= 4 is 18.0 Å². The quantitative estimate of drug-likeness (QED) is 0.356. The van der Waals surface area contributed by atoms with Crippen molar-refractivity contribution in [2.24, 2.45) is 5.41 Å². The zero-order valence-corrected chi connectivity index (χ0v) is 17.2. The number of nitrogens with zero attached hydrogens (tertiary/aromatic N) is 1. The fraction of sp³-hybridized carbons (Fsp3) is 0.650. The molecule has 0 saturated heterocycles. The molecule has 0 radical (unpaired) electrons. The molecule has 2 amide bonds. The van der Waals surface area contributed by atoms with Gasteiger partial charge in [-0.2, -0.15) is 0 Å². The Kier molecular flexibility index (Phi) is 10.6. The average molecular weight is 367 g/mol. The number of ether oxygens (including phenoxy) is 2. The summed E-state index contributed by atoms with van der Waals surface area (Å²) >= 11 is 0. The maximum absolute atomic E-state index is 12.1. The van der Waals surface area contributed by atoms with Crippen LogP contribution >= 0.6 is 0 Å². The molecule has 0 unspecified atom stereocenters. The summed E-state index contributed by atoms with van der Waals surface area (Å²) in [5, 5.41) is 0. The van der Waals surface area contributed by atoms with E-state index in [1.54, 1.807) is 27.7 Å². The summed E-state index contributed by atoms with van der Waals surface area (Å²) in [6.45, 7) is 12.5. The Balaban J connectivity index is 4.69. The Morgan fingerprint density at radius 2 is 1.62 bits per heavy atom. The van der Waals surface area contributed by atoms with E-state index < -0.39 is 24.3 Å². The molecule has 0 aromatic rings. The highest BCUT2D eigenvalue weighted by molar-refractivity contribution is 5.92. The second-order valence-electron chi connectivity index (χ2n) is 7.44. The predicted molar refractivity (Wildman–Crippen MR) is 101 cm³/mol. The molecule has 6 heteroatoms. The number of carbonyl (C=O) groups excluding carboxylic acids is 3. The Morgan fingerprint density at radius 1 is 1.00 bits per heavy atom. The van der Waals surface area contributed by atoms with E-state index in [1.165, 1.54) is 5.57 Å². The summed E-state index contributed by atoms with van der Waals surface area (Å²) in [6.07, 6.45) is 5.13. The lowest BCUT2D eigenvalue weighted by molar-refractivity contribution is -0.162. The number of hydrogen-bond donors (Lipinski definition) is 0. The van der Waals surface area contributed by atoms with Gasteiger partial charge >= 0.3 is 12.1 Å². The van der Waals surface area contributed by atoms with Crippen LogP contribution in [0.5, 0.6) is 0 Å². The normalized spacial score (nSPS) is 11.6. The van der Waals surface area contributed by atoms with E-state index in [1.807, 2.05) is 26.8 Å². The summed E-state index contributed by atoms with van der Waals surface area (Å²) in [7, 11) is 0. The molecular formula is C20H33NO5. The van der Waals surface area contributed by atoms with Crippen molar-refractivity contribution in [3.05, 3.63) is 23.3 Å². The molecule has 0 aromatic carbocycles. The van der Waals surface area contributed by atoms with E-state index in [4.69, 9.17) is 9.47 Å². The number of rotatable bonds is 8. The number of allylic oxidation sites excluding steroid dienone is 3. The summed E-state index contributed by atoms with van der Waals surface area (Å²) in [5.41, 5.74) is 1.66. The fourth-order valence-corrected chi connectivity index (χ4v) is 1.83. The van der Waals surface area contributed by atoms with Crippen LogP contribution in [0.25, 0.3) is 0 Å². The van der Waals surface area contributed by atoms with Crippen molar-refractivity contribution < 1.29 is 23.9 Å². The summed E-state index contributed by atoms with van der Waals surface area (Å²) in [4.78, 5) is 36.8. The van der Waals surface area contributed by atoms with Crippen molar-refractivity contribution in [3.63, 3.8) is 0 Å². The molecule has 0 atom stereocenters. The summed E-state index contributed by atoms with van der Waals surface area (Å²) < 4.78 is 9.82. The van der Waals surface area contributed by atoms with Gasteiger partial charge in [0.05, 0.1) is 12.0 Å². The molecule has 0 N–H and O–H groups in total. The van der Waals surface area contributed by atoms with Crippen molar-refractivity contribution in [1.82, 2.24) is 4.90 Å². The minimum Gasteiger partial charge on any atom is -0.427 e. The number of carbonyl (C=O) groups is 3. The molecule has 6 nitrogen and oxygen atoms in total. The van der Waals surface area contributed by atoms with E-state index >= 15 is 0 Å². The Hall–Kier alpha value is -2.11. The second kappa shape index (κ2) is 11.5. The van der Waals surface area contributed by atoms with E-state index in [0.29, 0.717) is 0 Å². The molecule has 0 aromatic heterocycles. The first-order valence-corrected chi connectivity index (χ1v) is 8.92. The number of hydrogen-bond acceptors (Lipinski definition) is 5. The van der Waals surface area contributed by atoms with Crippen LogP contribution in [0, 0.1) is 5.41 Å². The van der Waals surface area contributed by atoms with Gasteiger partial charge in [-0.3, -0.25) is 9.59 Å². The zero-order chi connectivity index (χ0) is 20.3. The smallest absolute Gasteiger partial charge is 0.419 e. The van der Waals surface area contributed by atoms with Gasteiger partial charge in [-0.1, -0.05) is 30.2 Å². The van der Waals surface area contributed by atoms with Gasteiger partial charge in [-0.15, -0.1) is 0 Å². The largest absolute Gasteiger partial charge is 0.427 e. The van der Waals surface area contributed by atoms with Crippen LogP contribution in [0.4, 0.5) is 4.79 Å². The van der Waals surface area contributed by atoms with E-state index in [9.17, 15) is 14.4 Å². The van der Waals surface area contributed by atoms with Crippen LogP contribution in [0.2, 0.25) is 0 Å². The van der Waals surface area contributed by atoms with Crippen LogP contribution in [0.15, 0.2) is 23.3 Å². The maximum atomic E-state index is 12.1. The first-order chi connectivity index (χ1) is 12.0. The van der Waals surface area contributed by atoms with E-state index in [-0.39, 0.29) is 18.9 Å². The molecule has 0 rings (SSSR count). The van der Waals surface area contributed by atoms with Crippen LogP contribution < -0.4 is 0 Å². The topological polar surface area (TPSA) is 72.9 Å². The number of imide groups is 1. The van der Waals surface area contributed by atoms with Crippen LogP contribution in [0.1, 0.15) is 67.7 Å². The molecule has 148 valence electrons. The Labute approximate surface area is 157 Å². The van der Waals surface area contributed by atoms with Gasteiger partial charge in [-0.05, 0) is 54.4 Å². The van der Waals surface area contributed by atoms with Gasteiger partial charge < -0.3 is 9.47 Å². The fourth-order valence-electron chi connectivity index (χ4n) is 1.83. The van der Waals surface area contributed by atoms with E-state index in [0.717, 1.165) is 23.3 Å². The highest BCUT2D eigenvalue weighted by atomic mass is 16.7. The van der Waals surface area contributed by atoms with Gasteiger partial charge in [0.15, 0.2) is 0 Å². The third kappa shape index (κ3) is 10.0. The van der Waals surface area contributed by atoms with E-state index in [2.05, 4.69) is 6.08 Å². The Morgan fingerprint density at radius 3 is 2.12 bits per heavy atom. The molecule has 0 heterocycles. The third-order valence-electron chi connectivity index (χ3n) is 3.52. The van der Waals surface area contributed by atoms with Gasteiger partial charge in [0, 0.05) is 6.42 Å². The monoisotopic (exact) mass is 367 g/mol. The van der Waals surface area contributed by atoms with Crippen molar-refractivity contribution in [3.8, 4) is 0 Å². The maximum Gasteiger partial charge on any atom is 0.419 e. The highest BCUT2D eigenvalue weighted by Crippen LogP contribution is 2.15. The summed E-state index contributed by atoms with van der Waals surface area (Å²) in [6, 6.07) is 0. The lowest BCUT2D eigenvalue weighted by Crippen LogP contribution is -2.38. The molecule has 0 saturated carbocycles. The SMILES string of the molecule is CCC(=O)N(C/C=C(\C)CCC=C(C)C)C(=O)OCOC(=O)C(C)(C)C. The first-order valence-electron chi connectivity index (χ1n) is 8.92. The minimum absolute atomic E-state index is 0.138. The van der Waals surface area contributed by atoms with Crippen LogP contribution in [-0.2, 0) is 19.1 Å². The van der Waals surface area contributed by atoms with Crippen molar-refractivity contribution in [1.29, 1.82) is 0 Å². The minimum atomic E-state index is -0.813. The zero-order valence-electron chi connectivity index (χ0n) is 17.2. The van der Waals surface area contributed by atoms with Crippen LogP contribution in [-0.4, -0.2) is 36.2 Å². The summed E-state index contributed by atoms with van der Waals surface area (Å²) in [5.74, 6) is -0.820. The van der Waals surface area contributed by atoms with Gasteiger partial charge in [0.1, 0.15) is 0 Å². The van der Waals surface area contributed by atoms with Crippen molar-refractivity contribution in [2.75, 3.05) is 13.3 Å². The molecule has 0 fully saturated rings. The first kappa shape index (κ1) is 23.9. The number of esters is 1. The van der Waals surface area contributed by atoms with Gasteiger partial charge in [0.25, 0.3) is 0 Å². The lowest BCUT2D eigenvalue weighted by Gasteiger charge is -2.20. The van der Waals surface area contributed by atoms with Crippen molar-refractivity contribution in [2.45, 2.75) is 67.7 Å². The molecule has 0 aliphatic heterocycles. The molecule has 0 spiro atoms. The Bertz CT molecular complexity index is 551. The molecule has 0 aliphatic rings. The number of amides is 2. The standard InChI is InChI=1S/C20H33NO5/c1-8-17(22)21(13-12-16(4)11-9-10-15(2)3)19(24)26-14-25-18(23)20(5,6)7/h10,12H,8-9,11,13-14H2,1-7H3/b16-12+. The highest BCUT2D eigenvalue weighted by Gasteiger charge is 2.25. The second-order valence-corrected chi connectivity index (χ2v) is 7.44. The van der Waals surface area contributed by atoms with Crippen LogP contribution in [0.3, 0.4) is 0 Å². The molecule has 0 bridgehead atoms. The van der Waals surface area contributed by atoms with Gasteiger partial charge in [-0.25, -0.2) is 9.69 Å². The molecular weight excluding hydrogens is 334 g/mol.